The number of amides is 1. The zero-order chi connectivity index (χ0) is 15.8. The SMILES string of the molecule is COc1cc(C(=O)NCCCC(C)Br)cc(OC)c1OC. The molecule has 1 atom stereocenters. The van der Waals surface area contributed by atoms with Crippen LogP contribution in [0.15, 0.2) is 12.1 Å². The summed E-state index contributed by atoms with van der Waals surface area (Å²) in [5, 5.41) is 2.88. The molecule has 1 aromatic rings. The van der Waals surface area contributed by atoms with Crippen LogP contribution >= 0.6 is 15.9 Å². The summed E-state index contributed by atoms with van der Waals surface area (Å²) in [6.45, 7) is 2.71. The summed E-state index contributed by atoms with van der Waals surface area (Å²) in [5.41, 5.74) is 0.483. The van der Waals surface area contributed by atoms with E-state index in [1.165, 1.54) is 21.3 Å². The van der Waals surface area contributed by atoms with Crippen molar-refractivity contribution < 1.29 is 19.0 Å². The van der Waals surface area contributed by atoms with Crippen LogP contribution in [0, 0.1) is 0 Å². The Morgan fingerprint density at radius 2 is 1.76 bits per heavy atom. The molecule has 6 heteroatoms. The standard InChI is InChI=1S/C15H22BrNO4/c1-10(16)6-5-7-17-15(18)11-8-12(19-2)14(21-4)13(9-11)20-3/h8-10H,5-7H2,1-4H3,(H,17,18). The normalized spacial score (nSPS) is 11.7. The molecule has 0 aromatic heterocycles. The van der Waals surface area contributed by atoms with Gasteiger partial charge in [0.1, 0.15) is 0 Å². The Morgan fingerprint density at radius 3 is 2.19 bits per heavy atom. The fraction of sp³-hybridized carbons (Fsp3) is 0.533. The van der Waals surface area contributed by atoms with Gasteiger partial charge in [0.05, 0.1) is 21.3 Å². The molecule has 0 radical (unpaired) electrons. The topological polar surface area (TPSA) is 56.8 Å². The third-order valence-electron chi connectivity index (χ3n) is 2.99. The number of benzene rings is 1. The lowest BCUT2D eigenvalue weighted by molar-refractivity contribution is 0.0952. The maximum Gasteiger partial charge on any atom is 0.251 e. The maximum atomic E-state index is 12.2. The molecule has 0 bridgehead atoms. The number of hydrogen-bond acceptors (Lipinski definition) is 4. The van der Waals surface area contributed by atoms with Gasteiger partial charge in [-0.15, -0.1) is 0 Å². The van der Waals surface area contributed by atoms with E-state index in [9.17, 15) is 4.79 Å². The zero-order valence-corrected chi connectivity index (χ0v) is 14.5. The lowest BCUT2D eigenvalue weighted by atomic mass is 10.1. The van der Waals surface area contributed by atoms with Crippen LogP contribution in [0.5, 0.6) is 17.2 Å². The molecular weight excluding hydrogens is 338 g/mol. The van der Waals surface area contributed by atoms with Crippen molar-refractivity contribution in [3.8, 4) is 17.2 Å². The van der Waals surface area contributed by atoms with Gasteiger partial charge in [-0.1, -0.05) is 22.9 Å². The quantitative estimate of drug-likeness (QED) is 0.572. The van der Waals surface area contributed by atoms with Crippen molar-refractivity contribution in [1.29, 1.82) is 0 Å². The molecule has 21 heavy (non-hydrogen) atoms. The Balaban J connectivity index is 2.80. The first kappa shape index (κ1) is 17.6. The van der Waals surface area contributed by atoms with Crippen LogP contribution in [-0.4, -0.2) is 38.6 Å². The summed E-state index contributed by atoms with van der Waals surface area (Å²) in [6.07, 6.45) is 1.93. The molecule has 1 N–H and O–H groups in total. The fourth-order valence-electron chi connectivity index (χ4n) is 1.90. The summed E-state index contributed by atoms with van der Waals surface area (Å²) in [7, 11) is 4.58. The highest BCUT2D eigenvalue weighted by molar-refractivity contribution is 9.09. The second kappa shape index (κ2) is 8.77. The molecular formula is C15H22BrNO4. The van der Waals surface area contributed by atoms with Crippen LogP contribution in [0.3, 0.4) is 0 Å². The Kier molecular flexibility index (Phi) is 7.36. The first-order valence-corrected chi connectivity index (χ1v) is 7.67. The van der Waals surface area contributed by atoms with E-state index in [0.717, 1.165) is 12.8 Å². The smallest absolute Gasteiger partial charge is 0.251 e. The van der Waals surface area contributed by atoms with Crippen LogP contribution in [0.1, 0.15) is 30.1 Å². The molecule has 0 saturated carbocycles. The largest absolute Gasteiger partial charge is 0.493 e. The summed E-state index contributed by atoms with van der Waals surface area (Å²) < 4.78 is 15.7. The highest BCUT2D eigenvalue weighted by Crippen LogP contribution is 2.38. The van der Waals surface area contributed by atoms with E-state index >= 15 is 0 Å². The molecule has 0 aliphatic rings. The second-order valence-corrected chi connectivity index (χ2v) is 6.16. The van der Waals surface area contributed by atoms with Crippen molar-refractivity contribution in [2.75, 3.05) is 27.9 Å². The van der Waals surface area contributed by atoms with Crippen molar-refractivity contribution in [3.05, 3.63) is 17.7 Å². The Labute approximate surface area is 134 Å². The summed E-state index contributed by atoms with van der Waals surface area (Å²) in [4.78, 5) is 12.6. The van der Waals surface area contributed by atoms with Gasteiger partial charge in [0.15, 0.2) is 11.5 Å². The van der Waals surface area contributed by atoms with Gasteiger partial charge in [-0.05, 0) is 25.0 Å². The molecule has 0 spiro atoms. The number of hydrogen-bond donors (Lipinski definition) is 1. The zero-order valence-electron chi connectivity index (χ0n) is 12.9. The third-order valence-corrected chi connectivity index (χ3v) is 3.45. The minimum atomic E-state index is -0.156. The lowest BCUT2D eigenvalue weighted by Crippen LogP contribution is -2.24. The van der Waals surface area contributed by atoms with Gasteiger partial charge >= 0.3 is 0 Å². The Hall–Kier alpha value is -1.43. The summed E-state index contributed by atoms with van der Waals surface area (Å²) >= 11 is 3.48. The number of rotatable bonds is 8. The third kappa shape index (κ3) is 5.12. The molecule has 0 fully saturated rings. The first-order chi connectivity index (χ1) is 10.0. The number of ether oxygens (including phenoxy) is 3. The predicted octanol–water partition coefficient (Wildman–Crippen LogP) is 3.01. The molecule has 1 amide bonds. The van der Waals surface area contributed by atoms with Gasteiger partial charge in [0, 0.05) is 16.9 Å². The van der Waals surface area contributed by atoms with Crippen molar-refractivity contribution in [1.82, 2.24) is 5.32 Å². The van der Waals surface area contributed by atoms with E-state index in [2.05, 4.69) is 28.2 Å². The predicted molar refractivity (Wildman–Crippen MR) is 86.1 cm³/mol. The average Bonchev–Trinajstić information content (AvgIpc) is 2.49. The minimum Gasteiger partial charge on any atom is -0.493 e. The molecule has 0 saturated heterocycles. The lowest BCUT2D eigenvalue weighted by Gasteiger charge is -2.14. The molecule has 118 valence electrons. The van der Waals surface area contributed by atoms with Gasteiger partial charge in [-0.2, -0.15) is 0 Å². The fourth-order valence-corrected chi connectivity index (χ4v) is 2.22. The molecule has 1 rings (SSSR count). The number of halogens is 1. The van der Waals surface area contributed by atoms with E-state index in [4.69, 9.17) is 14.2 Å². The molecule has 0 aliphatic heterocycles. The summed E-state index contributed by atoms with van der Waals surface area (Å²) in [6, 6.07) is 3.29. The molecule has 0 aliphatic carbocycles. The maximum absolute atomic E-state index is 12.2. The van der Waals surface area contributed by atoms with E-state index in [0.29, 0.717) is 34.2 Å². The van der Waals surface area contributed by atoms with Crippen molar-refractivity contribution in [2.24, 2.45) is 0 Å². The number of carbonyl (C=O) groups excluding carboxylic acids is 1. The molecule has 0 heterocycles. The van der Waals surface area contributed by atoms with Crippen LogP contribution in [0.2, 0.25) is 0 Å². The minimum absolute atomic E-state index is 0.156. The van der Waals surface area contributed by atoms with E-state index < -0.39 is 0 Å². The molecule has 5 nitrogen and oxygen atoms in total. The van der Waals surface area contributed by atoms with Crippen LogP contribution < -0.4 is 19.5 Å². The number of carbonyl (C=O) groups is 1. The average molecular weight is 360 g/mol. The Bertz CT molecular complexity index is 452. The van der Waals surface area contributed by atoms with Gasteiger partial charge in [0.2, 0.25) is 5.75 Å². The van der Waals surface area contributed by atoms with E-state index in [1.54, 1.807) is 12.1 Å². The summed E-state index contributed by atoms with van der Waals surface area (Å²) in [5.74, 6) is 1.26. The Morgan fingerprint density at radius 1 is 1.19 bits per heavy atom. The van der Waals surface area contributed by atoms with Crippen molar-refractivity contribution in [3.63, 3.8) is 0 Å². The van der Waals surface area contributed by atoms with Crippen molar-refractivity contribution >= 4 is 21.8 Å². The highest BCUT2D eigenvalue weighted by Gasteiger charge is 2.16. The van der Waals surface area contributed by atoms with E-state index in [1.807, 2.05) is 0 Å². The van der Waals surface area contributed by atoms with Crippen LogP contribution in [-0.2, 0) is 0 Å². The number of alkyl halides is 1. The first-order valence-electron chi connectivity index (χ1n) is 6.75. The van der Waals surface area contributed by atoms with Gasteiger partial charge in [-0.3, -0.25) is 4.79 Å². The van der Waals surface area contributed by atoms with Gasteiger partial charge < -0.3 is 19.5 Å². The van der Waals surface area contributed by atoms with Crippen molar-refractivity contribution in [2.45, 2.75) is 24.6 Å². The highest BCUT2D eigenvalue weighted by atomic mass is 79.9. The van der Waals surface area contributed by atoms with E-state index in [-0.39, 0.29) is 5.91 Å². The molecule has 1 unspecified atom stereocenters. The second-order valence-electron chi connectivity index (χ2n) is 4.59. The molecule has 1 aromatic carbocycles. The number of nitrogens with one attached hydrogen (secondary N) is 1. The van der Waals surface area contributed by atoms with Gasteiger partial charge in [0.25, 0.3) is 5.91 Å². The number of methoxy groups -OCH3 is 3. The monoisotopic (exact) mass is 359 g/mol. The van der Waals surface area contributed by atoms with Gasteiger partial charge in [-0.25, -0.2) is 0 Å². The van der Waals surface area contributed by atoms with Crippen LogP contribution in [0.4, 0.5) is 0 Å². The van der Waals surface area contributed by atoms with Crippen LogP contribution in [0.25, 0.3) is 0 Å².